The van der Waals surface area contributed by atoms with E-state index in [0.29, 0.717) is 13.2 Å². The van der Waals surface area contributed by atoms with Gasteiger partial charge in [-0.2, -0.15) is 0 Å². The highest BCUT2D eigenvalue weighted by Gasteiger charge is 2.43. The Morgan fingerprint density at radius 1 is 1.75 bits per heavy atom. The van der Waals surface area contributed by atoms with Crippen LogP contribution in [0.3, 0.4) is 0 Å². The molecule has 1 aromatic heterocycles. The van der Waals surface area contributed by atoms with Gasteiger partial charge in [0.25, 0.3) is 0 Å². The van der Waals surface area contributed by atoms with E-state index in [4.69, 9.17) is 10.5 Å². The lowest BCUT2D eigenvalue weighted by Crippen LogP contribution is -2.56. The van der Waals surface area contributed by atoms with Gasteiger partial charge in [0.15, 0.2) is 0 Å². The first-order chi connectivity index (χ1) is 5.72. The van der Waals surface area contributed by atoms with E-state index < -0.39 is 5.60 Å². The van der Waals surface area contributed by atoms with Crippen molar-refractivity contribution in [3.05, 3.63) is 17.1 Å². The molecular weight excluding hydrogens is 176 g/mol. The minimum absolute atomic E-state index is 0.325. The summed E-state index contributed by atoms with van der Waals surface area (Å²) in [4.78, 5) is 0.904. The van der Waals surface area contributed by atoms with E-state index in [2.05, 4.69) is 4.37 Å². The first kappa shape index (κ1) is 8.12. The van der Waals surface area contributed by atoms with Crippen LogP contribution in [0.2, 0.25) is 0 Å². The molecule has 1 fully saturated rings. The van der Waals surface area contributed by atoms with E-state index in [-0.39, 0.29) is 6.04 Å². The number of hydrogen-bond donors (Lipinski definition) is 2. The molecule has 0 aromatic carbocycles. The van der Waals surface area contributed by atoms with Crippen molar-refractivity contribution in [2.24, 2.45) is 5.73 Å². The van der Waals surface area contributed by atoms with Crippen LogP contribution >= 0.6 is 11.5 Å². The van der Waals surface area contributed by atoms with Crippen LogP contribution in [0.1, 0.15) is 10.9 Å². The molecule has 0 saturated carbocycles. The molecule has 0 amide bonds. The van der Waals surface area contributed by atoms with Gasteiger partial charge in [0.1, 0.15) is 5.60 Å². The fourth-order valence-electron chi connectivity index (χ4n) is 1.14. The van der Waals surface area contributed by atoms with Gasteiger partial charge in [-0.25, -0.2) is 4.37 Å². The highest BCUT2D eigenvalue weighted by atomic mass is 32.1. The van der Waals surface area contributed by atoms with Crippen LogP contribution in [0.4, 0.5) is 0 Å². The quantitative estimate of drug-likeness (QED) is 0.677. The van der Waals surface area contributed by atoms with E-state index in [1.54, 1.807) is 6.20 Å². The number of rotatable bonds is 2. The van der Waals surface area contributed by atoms with Crippen molar-refractivity contribution in [3.8, 4) is 0 Å². The maximum absolute atomic E-state index is 9.78. The van der Waals surface area contributed by atoms with E-state index in [0.717, 1.165) is 4.88 Å². The number of ether oxygens (including phenoxy) is 1. The second kappa shape index (κ2) is 2.77. The van der Waals surface area contributed by atoms with E-state index >= 15 is 0 Å². The van der Waals surface area contributed by atoms with Crippen LogP contribution in [0.15, 0.2) is 12.3 Å². The average Bonchev–Trinajstić information content (AvgIpc) is 2.50. The standard InChI is InChI=1S/C7H10N2O2S/c8-6(5-1-2-9-12-5)7(10)3-11-4-7/h1-2,6,10H,3-4,8H2. The second-order valence-electron chi connectivity index (χ2n) is 2.99. The van der Waals surface area contributed by atoms with Gasteiger partial charge in [-0.3, -0.25) is 0 Å². The van der Waals surface area contributed by atoms with Crippen molar-refractivity contribution in [2.75, 3.05) is 13.2 Å². The first-order valence-electron chi connectivity index (χ1n) is 3.69. The zero-order valence-electron chi connectivity index (χ0n) is 6.43. The number of nitrogens with zero attached hydrogens (tertiary/aromatic N) is 1. The van der Waals surface area contributed by atoms with Gasteiger partial charge >= 0.3 is 0 Å². The Bertz CT molecular complexity index is 258. The van der Waals surface area contributed by atoms with Crippen molar-refractivity contribution < 1.29 is 9.84 Å². The summed E-state index contributed by atoms with van der Waals surface area (Å²) in [6, 6.07) is 1.46. The fraction of sp³-hybridized carbons (Fsp3) is 0.571. The highest BCUT2D eigenvalue weighted by Crippen LogP contribution is 2.31. The SMILES string of the molecule is NC(c1ccns1)C1(O)COC1. The summed E-state index contributed by atoms with van der Waals surface area (Å²) < 4.78 is 8.84. The molecule has 2 heterocycles. The third-order valence-corrected chi connectivity index (χ3v) is 2.88. The van der Waals surface area contributed by atoms with Crippen LogP contribution < -0.4 is 5.73 Å². The first-order valence-corrected chi connectivity index (χ1v) is 4.46. The van der Waals surface area contributed by atoms with Gasteiger partial charge in [-0.1, -0.05) is 0 Å². The summed E-state index contributed by atoms with van der Waals surface area (Å²) >= 11 is 1.32. The Labute approximate surface area is 74.1 Å². The summed E-state index contributed by atoms with van der Waals surface area (Å²) in [6.45, 7) is 0.651. The Kier molecular flexibility index (Phi) is 1.88. The molecule has 1 aromatic rings. The molecule has 5 heteroatoms. The van der Waals surface area contributed by atoms with Crippen LogP contribution in [-0.2, 0) is 4.74 Å². The lowest BCUT2D eigenvalue weighted by atomic mass is 9.92. The molecule has 0 radical (unpaired) electrons. The summed E-state index contributed by atoms with van der Waals surface area (Å²) in [5, 5.41) is 9.78. The minimum Gasteiger partial charge on any atom is -0.383 e. The van der Waals surface area contributed by atoms with Gasteiger partial charge in [0.05, 0.1) is 19.3 Å². The largest absolute Gasteiger partial charge is 0.383 e. The van der Waals surface area contributed by atoms with Crippen molar-refractivity contribution in [1.29, 1.82) is 0 Å². The maximum Gasteiger partial charge on any atom is 0.131 e. The molecule has 3 N–H and O–H groups in total. The zero-order chi connectivity index (χ0) is 8.60. The summed E-state index contributed by atoms with van der Waals surface area (Å²) in [6.07, 6.45) is 1.68. The summed E-state index contributed by atoms with van der Waals surface area (Å²) in [5.41, 5.74) is 4.95. The molecule has 2 rings (SSSR count). The summed E-state index contributed by atoms with van der Waals surface area (Å²) in [7, 11) is 0. The molecule has 0 spiro atoms. The molecule has 1 aliphatic rings. The molecule has 1 unspecified atom stereocenters. The number of aromatic nitrogens is 1. The molecule has 66 valence electrons. The van der Waals surface area contributed by atoms with E-state index in [9.17, 15) is 5.11 Å². The Morgan fingerprint density at radius 3 is 2.92 bits per heavy atom. The van der Waals surface area contributed by atoms with Crippen molar-refractivity contribution in [1.82, 2.24) is 4.37 Å². The van der Waals surface area contributed by atoms with Crippen LogP contribution in [0, 0.1) is 0 Å². The average molecular weight is 186 g/mol. The van der Waals surface area contributed by atoms with Crippen molar-refractivity contribution >= 4 is 11.5 Å². The lowest BCUT2D eigenvalue weighted by Gasteiger charge is -2.40. The van der Waals surface area contributed by atoms with Gasteiger partial charge in [-0.05, 0) is 17.6 Å². The Morgan fingerprint density at radius 2 is 2.50 bits per heavy atom. The number of aliphatic hydroxyl groups is 1. The highest BCUT2D eigenvalue weighted by molar-refractivity contribution is 7.05. The maximum atomic E-state index is 9.78. The van der Waals surface area contributed by atoms with Crippen LogP contribution in [-0.4, -0.2) is 28.3 Å². The van der Waals surface area contributed by atoms with Crippen molar-refractivity contribution in [3.63, 3.8) is 0 Å². The van der Waals surface area contributed by atoms with Crippen molar-refractivity contribution in [2.45, 2.75) is 11.6 Å². The molecule has 1 atom stereocenters. The number of hydrogen-bond acceptors (Lipinski definition) is 5. The summed E-state index contributed by atoms with van der Waals surface area (Å²) in [5.74, 6) is 0. The second-order valence-corrected chi connectivity index (χ2v) is 3.85. The Hall–Kier alpha value is -0.490. The molecule has 12 heavy (non-hydrogen) atoms. The predicted octanol–water partition coefficient (Wildman–Crippen LogP) is -0.0958. The Balaban J connectivity index is 2.14. The minimum atomic E-state index is -0.869. The predicted molar refractivity (Wildman–Crippen MR) is 44.8 cm³/mol. The van der Waals surface area contributed by atoms with E-state index in [1.165, 1.54) is 11.5 Å². The number of nitrogens with two attached hydrogens (primary N) is 1. The molecule has 4 nitrogen and oxygen atoms in total. The molecule has 1 saturated heterocycles. The fourth-order valence-corrected chi connectivity index (χ4v) is 1.84. The monoisotopic (exact) mass is 186 g/mol. The topological polar surface area (TPSA) is 68.4 Å². The lowest BCUT2D eigenvalue weighted by molar-refractivity contribution is -0.190. The van der Waals surface area contributed by atoms with Gasteiger partial charge in [-0.15, -0.1) is 0 Å². The van der Waals surface area contributed by atoms with Crippen LogP contribution in [0.25, 0.3) is 0 Å². The third kappa shape index (κ3) is 1.15. The van der Waals surface area contributed by atoms with Gasteiger partial charge in [0.2, 0.25) is 0 Å². The molecule has 0 bridgehead atoms. The van der Waals surface area contributed by atoms with E-state index in [1.807, 2.05) is 6.07 Å². The van der Waals surface area contributed by atoms with Gasteiger partial charge in [0, 0.05) is 11.1 Å². The third-order valence-electron chi connectivity index (χ3n) is 2.05. The molecular formula is C7H10N2O2S. The smallest absolute Gasteiger partial charge is 0.131 e. The van der Waals surface area contributed by atoms with Gasteiger partial charge < -0.3 is 15.6 Å². The normalized spacial score (nSPS) is 23.2. The molecule has 0 aliphatic carbocycles. The van der Waals surface area contributed by atoms with Crippen LogP contribution in [0.5, 0.6) is 0 Å². The molecule has 1 aliphatic heterocycles. The zero-order valence-corrected chi connectivity index (χ0v) is 7.25.